The van der Waals surface area contributed by atoms with Gasteiger partial charge in [-0.05, 0) is 0 Å². The first-order valence-corrected chi connectivity index (χ1v) is 4.39. The van der Waals surface area contributed by atoms with E-state index in [0.717, 1.165) is 0 Å². The largest absolute Gasteiger partial charge is 0.481 e. The second kappa shape index (κ2) is 8.66. The third kappa shape index (κ3) is 7.81. The molecule has 2 atom stereocenters. The molecule has 0 amide bonds. The Bertz CT molecular complexity index is 312. The molecule has 98 valence electrons. The van der Waals surface area contributed by atoms with E-state index >= 15 is 0 Å². The Morgan fingerprint density at radius 3 is 1.22 bits per heavy atom. The molecule has 5 N–H and O–H groups in total. The van der Waals surface area contributed by atoms with Crippen LogP contribution in [0, 0.1) is 0 Å². The fourth-order valence-electron chi connectivity index (χ4n) is 1.03. The normalized spacial score (nSPS) is 12.9. The van der Waals surface area contributed by atoms with Gasteiger partial charge in [0.25, 0.3) is 0 Å². The highest BCUT2D eigenvalue weighted by Crippen LogP contribution is 2.00. The molecule has 2 radical (unpaired) electrons. The minimum absolute atomic E-state index is 0. The van der Waals surface area contributed by atoms with Crippen molar-refractivity contribution in [2.45, 2.75) is 24.9 Å². The summed E-state index contributed by atoms with van der Waals surface area (Å²) >= 11 is 0. The average molecular weight is 273 g/mol. The van der Waals surface area contributed by atoms with E-state index in [4.69, 9.17) is 20.4 Å². The van der Waals surface area contributed by atoms with Crippen molar-refractivity contribution in [3.8, 4) is 0 Å². The topological polar surface area (TPSA) is 161 Å². The summed E-state index contributed by atoms with van der Waals surface area (Å²) in [6, 6.07) is -3.32. The summed E-state index contributed by atoms with van der Waals surface area (Å²) in [6.45, 7) is 0. The molecule has 0 aliphatic rings. The van der Waals surface area contributed by atoms with Crippen LogP contribution in [-0.2, 0) is 19.2 Å². The summed E-state index contributed by atoms with van der Waals surface area (Å²) in [5, 5.41) is 36.0. The first-order valence-electron chi connectivity index (χ1n) is 4.39. The van der Waals surface area contributed by atoms with Gasteiger partial charge in [0.2, 0.25) is 0 Å². The lowest BCUT2D eigenvalue weighted by Gasteiger charge is -2.17. The number of hydrogen-bond acceptors (Lipinski definition) is 5. The van der Waals surface area contributed by atoms with Gasteiger partial charge in [-0.2, -0.15) is 0 Å². The summed E-state index contributed by atoms with van der Waals surface area (Å²) in [5.41, 5.74) is 0. The predicted octanol–water partition coefficient (Wildman–Crippen LogP) is -1.95. The zero-order valence-electron chi connectivity index (χ0n) is 9.20. The van der Waals surface area contributed by atoms with Gasteiger partial charge in [-0.1, -0.05) is 0 Å². The molecule has 0 saturated heterocycles. The predicted molar refractivity (Wildman–Crippen MR) is 56.2 cm³/mol. The number of carboxylic acid groups (broad SMARTS) is 4. The van der Waals surface area contributed by atoms with E-state index in [1.165, 1.54) is 0 Å². The molecule has 0 rings (SSSR count). The Balaban J connectivity index is 0. The molecule has 0 bridgehead atoms. The van der Waals surface area contributed by atoms with Crippen LogP contribution in [0.3, 0.4) is 0 Å². The van der Waals surface area contributed by atoms with Gasteiger partial charge in [-0.3, -0.25) is 24.5 Å². The number of nitrogens with one attached hydrogen (secondary N) is 1. The second-order valence-electron chi connectivity index (χ2n) is 3.14. The van der Waals surface area contributed by atoms with Crippen molar-refractivity contribution in [3.63, 3.8) is 0 Å². The minimum Gasteiger partial charge on any atom is -0.481 e. The van der Waals surface area contributed by atoms with Crippen molar-refractivity contribution < 1.29 is 39.6 Å². The maximum absolute atomic E-state index is 10.6. The smallest absolute Gasteiger partial charge is 0.321 e. The summed E-state index contributed by atoms with van der Waals surface area (Å²) in [4.78, 5) is 41.9. The van der Waals surface area contributed by atoms with Crippen LogP contribution in [0.2, 0.25) is 0 Å². The zero-order valence-corrected chi connectivity index (χ0v) is 10.6. The fraction of sp³-hybridized carbons (Fsp3) is 0.500. The number of carbonyl (C=O) groups is 4. The van der Waals surface area contributed by atoms with Crippen LogP contribution in [0.1, 0.15) is 12.8 Å². The second-order valence-corrected chi connectivity index (χ2v) is 3.14. The highest BCUT2D eigenvalue weighted by Gasteiger charge is 2.29. The molecule has 18 heavy (non-hydrogen) atoms. The quantitative estimate of drug-likeness (QED) is 0.316. The molecule has 0 heterocycles. The number of hydrogen-bond donors (Lipinski definition) is 5. The van der Waals surface area contributed by atoms with Gasteiger partial charge in [0.15, 0.2) is 0 Å². The number of carboxylic acids is 4. The monoisotopic (exact) mass is 273 g/mol. The molecule has 0 aromatic carbocycles. The van der Waals surface area contributed by atoms with Crippen molar-refractivity contribution in [3.05, 3.63) is 0 Å². The molecule has 10 heteroatoms. The Morgan fingerprint density at radius 1 is 0.778 bits per heavy atom. The Kier molecular flexibility index (Phi) is 9.12. The van der Waals surface area contributed by atoms with Crippen molar-refractivity contribution >= 4 is 46.9 Å². The lowest BCUT2D eigenvalue weighted by Crippen LogP contribution is -2.48. The maximum atomic E-state index is 10.6. The highest BCUT2D eigenvalue weighted by molar-refractivity contribution is 5.84. The fourth-order valence-corrected chi connectivity index (χ4v) is 1.03. The number of aliphatic carboxylic acids is 4. The first-order chi connectivity index (χ1) is 7.73. The van der Waals surface area contributed by atoms with E-state index in [9.17, 15) is 19.2 Å². The first kappa shape index (κ1) is 19.0. The van der Waals surface area contributed by atoms with E-state index in [0.29, 0.717) is 0 Å². The summed E-state index contributed by atoms with van der Waals surface area (Å²) < 4.78 is 0. The SMILES string of the molecule is O=C(O)CC(NC(CC(=O)O)C(=O)O)C(=O)O.[Mg]. The molecular weight excluding hydrogens is 262 g/mol. The lowest BCUT2D eigenvalue weighted by molar-refractivity contribution is -0.150. The van der Waals surface area contributed by atoms with E-state index < -0.39 is 48.8 Å². The van der Waals surface area contributed by atoms with Gasteiger partial charge in [0.05, 0.1) is 12.8 Å². The maximum Gasteiger partial charge on any atom is 0.321 e. The average Bonchev–Trinajstić information content (AvgIpc) is 2.13. The molecule has 0 spiro atoms. The standard InChI is InChI=1S/C8H11NO8.Mg/c10-5(11)1-3(7(14)15)9-4(8(16)17)2-6(12)13;/h3-4,9H,1-2H2,(H,10,11)(H,12,13)(H,14,15)(H,16,17);. The molecule has 0 aliphatic heterocycles. The molecule has 0 aromatic rings. The lowest BCUT2D eigenvalue weighted by atomic mass is 10.1. The van der Waals surface area contributed by atoms with E-state index in [2.05, 4.69) is 0 Å². The molecule has 2 unspecified atom stereocenters. The van der Waals surface area contributed by atoms with Crippen molar-refractivity contribution in [1.82, 2.24) is 5.32 Å². The molecule has 0 aromatic heterocycles. The van der Waals surface area contributed by atoms with Gasteiger partial charge < -0.3 is 20.4 Å². The van der Waals surface area contributed by atoms with Gasteiger partial charge >= 0.3 is 23.9 Å². The summed E-state index contributed by atoms with van der Waals surface area (Å²) in [7, 11) is 0. The summed E-state index contributed by atoms with van der Waals surface area (Å²) in [5.74, 6) is -6.01. The zero-order chi connectivity index (χ0) is 13.6. The van der Waals surface area contributed by atoms with Gasteiger partial charge in [0.1, 0.15) is 12.1 Å². The van der Waals surface area contributed by atoms with Crippen molar-refractivity contribution in [1.29, 1.82) is 0 Å². The highest BCUT2D eigenvalue weighted by atomic mass is 24.3. The molecule has 9 nitrogen and oxygen atoms in total. The number of rotatable bonds is 8. The van der Waals surface area contributed by atoms with Crippen LogP contribution in [0.15, 0.2) is 0 Å². The van der Waals surface area contributed by atoms with Gasteiger partial charge in [-0.15, -0.1) is 0 Å². The third-order valence-corrected chi connectivity index (χ3v) is 1.76. The Morgan fingerprint density at radius 2 is 1.06 bits per heavy atom. The van der Waals surface area contributed by atoms with Crippen molar-refractivity contribution in [2.24, 2.45) is 0 Å². The van der Waals surface area contributed by atoms with Crippen LogP contribution in [-0.4, -0.2) is 79.4 Å². The van der Waals surface area contributed by atoms with Crippen LogP contribution in [0.5, 0.6) is 0 Å². The van der Waals surface area contributed by atoms with Crippen LogP contribution >= 0.6 is 0 Å². The van der Waals surface area contributed by atoms with E-state index in [1.807, 2.05) is 5.32 Å². The molecule has 0 aliphatic carbocycles. The van der Waals surface area contributed by atoms with Gasteiger partial charge in [0, 0.05) is 23.1 Å². The van der Waals surface area contributed by atoms with Crippen LogP contribution < -0.4 is 5.32 Å². The molecular formula is C8H11MgNO8. The Hall–Kier alpha value is -1.39. The van der Waals surface area contributed by atoms with E-state index in [1.54, 1.807) is 0 Å². The summed E-state index contributed by atoms with van der Waals surface area (Å²) in [6.07, 6.45) is -1.70. The molecule has 0 saturated carbocycles. The third-order valence-electron chi connectivity index (χ3n) is 1.76. The Labute approximate surface area is 117 Å². The van der Waals surface area contributed by atoms with Crippen molar-refractivity contribution in [2.75, 3.05) is 0 Å². The van der Waals surface area contributed by atoms with Crippen LogP contribution in [0.25, 0.3) is 0 Å². The van der Waals surface area contributed by atoms with E-state index in [-0.39, 0.29) is 23.1 Å². The van der Waals surface area contributed by atoms with Gasteiger partial charge in [-0.25, -0.2) is 0 Å². The molecule has 0 fully saturated rings. The minimum atomic E-state index is -1.66. The van der Waals surface area contributed by atoms with Crippen LogP contribution in [0.4, 0.5) is 0 Å².